The predicted molar refractivity (Wildman–Crippen MR) is 79.7 cm³/mol. The summed E-state index contributed by atoms with van der Waals surface area (Å²) in [4.78, 5) is 0. The molecular weight excluding hydrogens is 265 g/mol. The fourth-order valence-corrected chi connectivity index (χ4v) is 2.37. The summed E-state index contributed by atoms with van der Waals surface area (Å²) in [6.07, 6.45) is 0. The second-order valence-corrected chi connectivity index (χ2v) is 5.19. The minimum absolute atomic E-state index is 0.646. The predicted octanol–water partition coefficient (Wildman–Crippen LogP) is 5.22. The molecule has 0 aliphatic rings. The SMILES string of the molecule is Cc1ccc(C)c(CNc2c(Cl)cccc2Cl)c1. The molecule has 0 unspecified atom stereocenters. The summed E-state index contributed by atoms with van der Waals surface area (Å²) in [6, 6.07) is 11.9. The van der Waals surface area contributed by atoms with Gasteiger partial charge in [0.15, 0.2) is 0 Å². The van der Waals surface area contributed by atoms with Gasteiger partial charge in [0.2, 0.25) is 0 Å². The maximum atomic E-state index is 6.12. The molecule has 0 saturated carbocycles. The Morgan fingerprint density at radius 1 is 1.00 bits per heavy atom. The van der Waals surface area contributed by atoms with Crippen LogP contribution in [0, 0.1) is 13.8 Å². The van der Waals surface area contributed by atoms with Gasteiger partial charge in [0, 0.05) is 6.54 Å². The number of aryl methyl sites for hydroxylation is 2. The zero-order chi connectivity index (χ0) is 13.1. The van der Waals surface area contributed by atoms with E-state index in [-0.39, 0.29) is 0 Å². The van der Waals surface area contributed by atoms with E-state index in [2.05, 4.69) is 37.4 Å². The average molecular weight is 280 g/mol. The van der Waals surface area contributed by atoms with E-state index < -0.39 is 0 Å². The largest absolute Gasteiger partial charge is 0.379 e. The van der Waals surface area contributed by atoms with E-state index in [4.69, 9.17) is 23.2 Å². The Labute approximate surface area is 118 Å². The van der Waals surface area contributed by atoms with Crippen molar-refractivity contribution < 1.29 is 0 Å². The molecule has 1 N–H and O–H groups in total. The fraction of sp³-hybridized carbons (Fsp3) is 0.200. The maximum Gasteiger partial charge on any atom is 0.0721 e. The number of benzene rings is 2. The summed E-state index contributed by atoms with van der Waals surface area (Å²) in [7, 11) is 0. The molecule has 0 aliphatic carbocycles. The van der Waals surface area contributed by atoms with Crippen molar-refractivity contribution in [2.24, 2.45) is 0 Å². The van der Waals surface area contributed by atoms with Crippen LogP contribution in [0.5, 0.6) is 0 Å². The minimum Gasteiger partial charge on any atom is -0.379 e. The van der Waals surface area contributed by atoms with Crippen LogP contribution < -0.4 is 5.32 Å². The lowest BCUT2D eigenvalue weighted by molar-refractivity contribution is 1.11. The fourth-order valence-electron chi connectivity index (χ4n) is 1.84. The van der Waals surface area contributed by atoms with Crippen LogP contribution in [-0.4, -0.2) is 0 Å². The Balaban J connectivity index is 2.19. The van der Waals surface area contributed by atoms with Crippen LogP contribution in [0.1, 0.15) is 16.7 Å². The third-order valence-corrected chi connectivity index (χ3v) is 3.55. The molecule has 0 bridgehead atoms. The summed E-state index contributed by atoms with van der Waals surface area (Å²) in [5.41, 5.74) is 4.56. The Morgan fingerprint density at radius 3 is 2.33 bits per heavy atom. The second kappa shape index (κ2) is 5.64. The van der Waals surface area contributed by atoms with Crippen molar-refractivity contribution in [2.45, 2.75) is 20.4 Å². The molecule has 0 fully saturated rings. The van der Waals surface area contributed by atoms with Crippen molar-refractivity contribution in [2.75, 3.05) is 5.32 Å². The number of hydrogen-bond donors (Lipinski definition) is 1. The van der Waals surface area contributed by atoms with Crippen LogP contribution in [0.25, 0.3) is 0 Å². The third-order valence-electron chi connectivity index (χ3n) is 2.92. The number of halogens is 2. The molecule has 2 aromatic rings. The maximum absolute atomic E-state index is 6.12. The molecule has 0 spiro atoms. The van der Waals surface area contributed by atoms with Crippen molar-refractivity contribution in [3.8, 4) is 0 Å². The van der Waals surface area contributed by atoms with Crippen LogP contribution >= 0.6 is 23.2 Å². The van der Waals surface area contributed by atoms with Crippen molar-refractivity contribution in [1.29, 1.82) is 0 Å². The Bertz CT molecular complexity index is 544. The second-order valence-electron chi connectivity index (χ2n) is 4.38. The summed E-state index contributed by atoms with van der Waals surface area (Å²) >= 11 is 12.2. The first-order valence-electron chi connectivity index (χ1n) is 5.82. The molecule has 0 atom stereocenters. The highest BCUT2D eigenvalue weighted by atomic mass is 35.5. The molecule has 2 rings (SSSR count). The van der Waals surface area contributed by atoms with E-state index in [9.17, 15) is 0 Å². The molecule has 0 aromatic heterocycles. The van der Waals surface area contributed by atoms with E-state index in [0.29, 0.717) is 10.0 Å². The molecule has 3 heteroatoms. The number of nitrogens with one attached hydrogen (secondary N) is 1. The van der Waals surface area contributed by atoms with Crippen LogP contribution in [0.3, 0.4) is 0 Å². The average Bonchev–Trinajstić information content (AvgIpc) is 2.33. The molecule has 2 aromatic carbocycles. The van der Waals surface area contributed by atoms with Gasteiger partial charge < -0.3 is 5.32 Å². The van der Waals surface area contributed by atoms with Crippen molar-refractivity contribution in [3.05, 3.63) is 63.1 Å². The monoisotopic (exact) mass is 279 g/mol. The van der Waals surface area contributed by atoms with E-state index in [1.807, 2.05) is 18.2 Å². The lowest BCUT2D eigenvalue weighted by atomic mass is 10.1. The smallest absolute Gasteiger partial charge is 0.0721 e. The normalized spacial score (nSPS) is 10.4. The topological polar surface area (TPSA) is 12.0 Å². The van der Waals surface area contributed by atoms with Gasteiger partial charge in [-0.15, -0.1) is 0 Å². The summed E-state index contributed by atoms with van der Waals surface area (Å²) in [5.74, 6) is 0. The highest BCUT2D eigenvalue weighted by Gasteiger charge is 2.05. The molecule has 0 saturated heterocycles. The summed E-state index contributed by atoms with van der Waals surface area (Å²) in [6.45, 7) is 4.91. The molecule has 94 valence electrons. The quantitative estimate of drug-likeness (QED) is 0.812. The van der Waals surface area contributed by atoms with E-state index >= 15 is 0 Å². The van der Waals surface area contributed by atoms with Crippen LogP contribution in [0.4, 0.5) is 5.69 Å². The van der Waals surface area contributed by atoms with Crippen molar-refractivity contribution in [3.63, 3.8) is 0 Å². The third kappa shape index (κ3) is 2.98. The standard InChI is InChI=1S/C15H15Cl2N/c1-10-6-7-11(2)12(8-10)9-18-15-13(16)4-3-5-14(15)17/h3-8,18H,9H2,1-2H3. The molecular formula is C15H15Cl2N. The molecule has 18 heavy (non-hydrogen) atoms. The van der Waals surface area contributed by atoms with Gasteiger partial charge in [0.25, 0.3) is 0 Å². The summed E-state index contributed by atoms with van der Waals surface area (Å²) < 4.78 is 0. The van der Waals surface area contributed by atoms with E-state index in [1.54, 1.807) is 0 Å². The molecule has 0 heterocycles. The molecule has 0 amide bonds. The molecule has 0 radical (unpaired) electrons. The number of para-hydroxylation sites is 1. The minimum atomic E-state index is 0.646. The zero-order valence-electron chi connectivity index (χ0n) is 10.4. The highest BCUT2D eigenvalue weighted by molar-refractivity contribution is 6.39. The number of hydrogen-bond acceptors (Lipinski definition) is 1. The first kappa shape index (κ1) is 13.3. The van der Waals surface area contributed by atoms with Crippen LogP contribution in [0.2, 0.25) is 10.0 Å². The number of anilines is 1. The van der Waals surface area contributed by atoms with Crippen molar-refractivity contribution in [1.82, 2.24) is 0 Å². The van der Waals surface area contributed by atoms with Gasteiger partial charge in [0.05, 0.1) is 15.7 Å². The highest BCUT2D eigenvalue weighted by Crippen LogP contribution is 2.30. The first-order chi connectivity index (χ1) is 8.58. The van der Waals surface area contributed by atoms with Gasteiger partial charge in [-0.1, -0.05) is 53.0 Å². The molecule has 1 nitrogen and oxygen atoms in total. The zero-order valence-corrected chi connectivity index (χ0v) is 11.9. The number of rotatable bonds is 3. The summed E-state index contributed by atoms with van der Waals surface area (Å²) in [5, 5.41) is 4.59. The van der Waals surface area contributed by atoms with Crippen LogP contribution in [-0.2, 0) is 6.54 Å². The van der Waals surface area contributed by atoms with Gasteiger partial charge in [-0.2, -0.15) is 0 Å². The Hall–Kier alpha value is -1.18. The van der Waals surface area contributed by atoms with Gasteiger partial charge in [-0.3, -0.25) is 0 Å². The van der Waals surface area contributed by atoms with Crippen molar-refractivity contribution >= 4 is 28.9 Å². The molecule has 0 aliphatic heterocycles. The Kier molecular flexibility index (Phi) is 4.15. The van der Waals surface area contributed by atoms with Crippen LogP contribution in [0.15, 0.2) is 36.4 Å². The van der Waals surface area contributed by atoms with Gasteiger partial charge >= 0.3 is 0 Å². The van der Waals surface area contributed by atoms with E-state index in [1.165, 1.54) is 16.7 Å². The first-order valence-corrected chi connectivity index (χ1v) is 6.57. The van der Waals surface area contributed by atoms with Gasteiger partial charge in [-0.25, -0.2) is 0 Å². The van der Waals surface area contributed by atoms with E-state index in [0.717, 1.165) is 12.2 Å². The lowest BCUT2D eigenvalue weighted by Gasteiger charge is -2.12. The Morgan fingerprint density at radius 2 is 1.67 bits per heavy atom. The lowest BCUT2D eigenvalue weighted by Crippen LogP contribution is -2.02. The van der Waals surface area contributed by atoms with Gasteiger partial charge in [-0.05, 0) is 37.1 Å². The van der Waals surface area contributed by atoms with Gasteiger partial charge in [0.1, 0.15) is 0 Å².